The molecule has 19 heavy (non-hydrogen) atoms. The Hall–Kier alpha value is -2.24. The molecule has 0 saturated heterocycles. The first kappa shape index (κ1) is 13.2. The summed E-state index contributed by atoms with van der Waals surface area (Å²) in [7, 11) is 0. The van der Waals surface area contributed by atoms with Crippen molar-refractivity contribution >= 4 is 17.4 Å². The zero-order valence-corrected chi connectivity index (χ0v) is 11.0. The Morgan fingerprint density at radius 2 is 2.00 bits per heavy atom. The third-order valence-corrected chi connectivity index (χ3v) is 3.52. The SMILES string of the molecule is CC(C)C1(C)N=C(c2ccccc2[N+](=O)[O-])NC1=O. The number of nitrogens with one attached hydrogen (secondary N) is 1. The Balaban J connectivity index is 2.51. The summed E-state index contributed by atoms with van der Waals surface area (Å²) < 4.78 is 0. The molecule has 0 spiro atoms. The molecule has 1 aliphatic rings. The molecule has 0 saturated carbocycles. The van der Waals surface area contributed by atoms with Gasteiger partial charge in [-0.05, 0) is 18.9 Å². The van der Waals surface area contributed by atoms with E-state index in [-0.39, 0.29) is 23.3 Å². The Morgan fingerprint density at radius 1 is 1.37 bits per heavy atom. The van der Waals surface area contributed by atoms with Crippen molar-refractivity contribution in [2.45, 2.75) is 26.3 Å². The van der Waals surface area contributed by atoms with Crippen LogP contribution >= 0.6 is 0 Å². The molecule has 100 valence electrons. The van der Waals surface area contributed by atoms with Crippen LogP contribution in [0.2, 0.25) is 0 Å². The average molecular weight is 261 g/mol. The Labute approximate surface area is 110 Å². The fourth-order valence-corrected chi connectivity index (χ4v) is 1.90. The average Bonchev–Trinajstić information content (AvgIpc) is 2.67. The molecule has 1 aliphatic heterocycles. The van der Waals surface area contributed by atoms with E-state index in [1.54, 1.807) is 25.1 Å². The van der Waals surface area contributed by atoms with E-state index in [2.05, 4.69) is 10.3 Å². The molecule has 6 nitrogen and oxygen atoms in total. The largest absolute Gasteiger partial charge is 0.308 e. The summed E-state index contributed by atoms with van der Waals surface area (Å²) in [5, 5.41) is 13.6. The van der Waals surface area contributed by atoms with Crippen LogP contribution in [0.3, 0.4) is 0 Å². The van der Waals surface area contributed by atoms with Crippen molar-refractivity contribution in [1.29, 1.82) is 0 Å². The molecule has 1 unspecified atom stereocenters. The molecule has 1 amide bonds. The highest BCUT2D eigenvalue weighted by Gasteiger charge is 2.42. The molecule has 2 rings (SSSR count). The van der Waals surface area contributed by atoms with Crippen LogP contribution in [0, 0.1) is 16.0 Å². The molecule has 0 radical (unpaired) electrons. The molecule has 1 aromatic carbocycles. The van der Waals surface area contributed by atoms with Crippen molar-refractivity contribution < 1.29 is 9.72 Å². The lowest BCUT2D eigenvalue weighted by Crippen LogP contribution is -2.41. The van der Waals surface area contributed by atoms with Gasteiger partial charge in [-0.2, -0.15) is 0 Å². The number of nitro groups is 1. The normalized spacial score (nSPS) is 22.3. The predicted octanol–water partition coefficient (Wildman–Crippen LogP) is 1.89. The number of rotatable bonds is 3. The fraction of sp³-hybridized carbons (Fsp3) is 0.385. The maximum Gasteiger partial charge on any atom is 0.280 e. The van der Waals surface area contributed by atoms with Crippen LogP contribution < -0.4 is 5.32 Å². The Kier molecular flexibility index (Phi) is 3.09. The topological polar surface area (TPSA) is 84.6 Å². The van der Waals surface area contributed by atoms with Crippen molar-refractivity contribution in [3.8, 4) is 0 Å². The van der Waals surface area contributed by atoms with Gasteiger partial charge in [0.25, 0.3) is 11.6 Å². The van der Waals surface area contributed by atoms with Crippen molar-refractivity contribution in [3.05, 3.63) is 39.9 Å². The molecule has 0 bridgehead atoms. The fourth-order valence-electron chi connectivity index (χ4n) is 1.90. The molecule has 0 aromatic heterocycles. The number of aliphatic imine (C=N–C) groups is 1. The van der Waals surface area contributed by atoms with Crippen LogP contribution in [0.25, 0.3) is 0 Å². The quantitative estimate of drug-likeness (QED) is 0.666. The van der Waals surface area contributed by atoms with E-state index < -0.39 is 10.5 Å². The van der Waals surface area contributed by atoms with Gasteiger partial charge in [0.1, 0.15) is 11.4 Å². The van der Waals surface area contributed by atoms with E-state index in [1.165, 1.54) is 6.07 Å². The molecule has 6 heteroatoms. The number of benzene rings is 1. The number of carbonyl (C=O) groups excluding carboxylic acids is 1. The number of nitrogens with zero attached hydrogens (tertiary/aromatic N) is 2. The van der Waals surface area contributed by atoms with Gasteiger partial charge in [-0.3, -0.25) is 19.9 Å². The van der Waals surface area contributed by atoms with Gasteiger partial charge in [0, 0.05) is 6.07 Å². The first-order chi connectivity index (χ1) is 8.86. The highest BCUT2D eigenvalue weighted by atomic mass is 16.6. The van der Waals surface area contributed by atoms with Crippen molar-refractivity contribution in [2.75, 3.05) is 0 Å². The first-order valence-corrected chi connectivity index (χ1v) is 6.01. The summed E-state index contributed by atoms with van der Waals surface area (Å²) in [5.74, 6) is 0.0527. The molecule has 1 aromatic rings. The number of nitro benzene ring substituents is 1. The predicted molar refractivity (Wildman–Crippen MR) is 71.0 cm³/mol. The van der Waals surface area contributed by atoms with Gasteiger partial charge in [-0.1, -0.05) is 26.0 Å². The standard InChI is InChI=1S/C13H15N3O3/c1-8(2)13(3)12(17)14-11(15-13)9-6-4-5-7-10(9)16(18)19/h4-8H,1-3H3,(H,14,15,17). The minimum absolute atomic E-state index is 0.00719. The monoisotopic (exact) mass is 261 g/mol. The van der Waals surface area contributed by atoms with Gasteiger partial charge in [-0.15, -0.1) is 0 Å². The zero-order valence-electron chi connectivity index (χ0n) is 11.0. The summed E-state index contributed by atoms with van der Waals surface area (Å²) in [6.07, 6.45) is 0. The van der Waals surface area contributed by atoms with Crippen LogP contribution in [-0.4, -0.2) is 22.2 Å². The molecule has 1 atom stereocenters. The second kappa shape index (κ2) is 4.46. The highest BCUT2D eigenvalue weighted by Crippen LogP contribution is 2.29. The third-order valence-electron chi connectivity index (χ3n) is 3.52. The van der Waals surface area contributed by atoms with E-state index in [0.717, 1.165) is 0 Å². The van der Waals surface area contributed by atoms with Crippen LogP contribution in [-0.2, 0) is 4.79 Å². The van der Waals surface area contributed by atoms with E-state index >= 15 is 0 Å². The van der Waals surface area contributed by atoms with Crippen LogP contribution in [0.5, 0.6) is 0 Å². The van der Waals surface area contributed by atoms with Crippen molar-refractivity contribution in [1.82, 2.24) is 5.32 Å². The van der Waals surface area contributed by atoms with E-state index in [0.29, 0.717) is 5.56 Å². The lowest BCUT2D eigenvalue weighted by molar-refractivity contribution is -0.385. The van der Waals surface area contributed by atoms with Gasteiger partial charge < -0.3 is 5.32 Å². The maximum atomic E-state index is 12.0. The molecule has 1 heterocycles. The minimum atomic E-state index is -0.876. The number of para-hydroxylation sites is 1. The Bertz CT molecular complexity index is 580. The lowest BCUT2D eigenvalue weighted by Gasteiger charge is -2.21. The number of amidine groups is 1. The maximum absolute atomic E-state index is 12.0. The molecule has 0 fully saturated rings. The van der Waals surface area contributed by atoms with Gasteiger partial charge >= 0.3 is 0 Å². The van der Waals surface area contributed by atoms with E-state index in [1.807, 2.05) is 13.8 Å². The number of hydrogen-bond donors (Lipinski definition) is 1. The Morgan fingerprint density at radius 3 is 2.53 bits per heavy atom. The molecule has 1 N–H and O–H groups in total. The summed E-state index contributed by atoms with van der Waals surface area (Å²) in [6.45, 7) is 5.52. The minimum Gasteiger partial charge on any atom is -0.308 e. The number of carbonyl (C=O) groups is 1. The smallest absolute Gasteiger partial charge is 0.280 e. The molecule has 0 aliphatic carbocycles. The summed E-state index contributed by atoms with van der Waals surface area (Å²) in [4.78, 5) is 26.9. The van der Waals surface area contributed by atoms with Crippen molar-refractivity contribution in [2.24, 2.45) is 10.9 Å². The third kappa shape index (κ3) is 2.09. The molecular formula is C13H15N3O3. The van der Waals surface area contributed by atoms with Gasteiger partial charge in [0.15, 0.2) is 0 Å². The van der Waals surface area contributed by atoms with Crippen LogP contribution in [0.4, 0.5) is 5.69 Å². The van der Waals surface area contributed by atoms with Crippen molar-refractivity contribution in [3.63, 3.8) is 0 Å². The number of amides is 1. The number of hydrogen-bond acceptors (Lipinski definition) is 4. The van der Waals surface area contributed by atoms with Gasteiger partial charge in [-0.25, -0.2) is 0 Å². The van der Waals surface area contributed by atoms with Gasteiger partial charge in [0.2, 0.25) is 0 Å². The van der Waals surface area contributed by atoms with Gasteiger partial charge in [0.05, 0.1) is 10.5 Å². The zero-order chi connectivity index (χ0) is 14.2. The highest BCUT2D eigenvalue weighted by molar-refractivity contribution is 6.16. The summed E-state index contributed by atoms with van der Waals surface area (Å²) in [6, 6.07) is 6.25. The molecular weight excluding hydrogens is 246 g/mol. The van der Waals surface area contributed by atoms with E-state index in [9.17, 15) is 14.9 Å². The summed E-state index contributed by atoms with van der Waals surface area (Å²) >= 11 is 0. The second-order valence-electron chi connectivity index (χ2n) is 4.99. The van der Waals surface area contributed by atoms with Crippen LogP contribution in [0.1, 0.15) is 26.3 Å². The summed E-state index contributed by atoms with van der Waals surface area (Å²) in [5.41, 5.74) is -0.598. The van der Waals surface area contributed by atoms with E-state index in [4.69, 9.17) is 0 Å². The van der Waals surface area contributed by atoms with Crippen LogP contribution in [0.15, 0.2) is 29.3 Å². The second-order valence-corrected chi connectivity index (χ2v) is 4.99. The lowest BCUT2D eigenvalue weighted by atomic mass is 9.89. The first-order valence-electron chi connectivity index (χ1n) is 6.01.